The minimum absolute atomic E-state index is 0.0373. The number of rotatable bonds is 2. The van der Waals surface area contributed by atoms with Gasteiger partial charge in [-0.2, -0.15) is 0 Å². The summed E-state index contributed by atoms with van der Waals surface area (Å²) in [5.41, 5.74) is 4.86. The first-order valence-electron chi connectivity index (χ1n) is 6.03. The number of amides is 1. The number of halogens is 1. The van der Waals surface area contributed by atoms with Crippen molar-refractivity contribution in [2.75, 3.05) is 5.32 Å². The standard InChI is InChI=1S/C16H12ClNO/c1-2-10-4-3-5-13(17)16(10)11-6-7-14-12(8-11)9-15(19)18-14/h2-8H,1,9H2,(H,18,19). The minimum Gasteiger partial charge on any atom is -0.326 e. The second kappa shape index (κ2) is 4.56. The number of fused-ring (bicyclic) bond motifs is 1. The van der Waals surface area contributed by atoms with Gasteiger partial charge in [0.1, 0.15) is 0 Å². The number of hydrogen-bond donors (Lipinski definition) is 1. The van der Waals surface area contributed by atoms with Crippen molar-refractivity contribution in [1.29, 1.82) is 0 Å². The van der Waals surface area contributed by atoms with E-state index in [4.69, 9.17) is 11.6 Å². The van der Waals surface area contributed by atoms with E-state index in [1.807, 2.05) is 36.4 Å². The van der Waals surface area contributed by atoms with Crippen molar-refractivity contribution in [3.05, 3.63) is 59.1 Å². The first-order valence-corrected chi connectivity index (χ1v) is 6.41. The SMILES string of the molecule is C=Cc1cccc(Cl)c1-c1ccc2c(c1)CC(=O)N2. The molecule has 2 aromatic rings. The molecule has 1 aliphatic rings. The fourth-order valence-electron chi connectivity index (χ4n) is 2.40. The Morgan fingerprint density at radius 3 is 2.89 bits per heavy atom. The quantitative estimate of drug-likeness (QED) is 0.872. The van der Waals surface area contributed by atoms with Gasteiger partial charge in [-0.3, -0.25) is 4.79 Å². The maximum absolute atomic E-state index is 11.4. The molecule has 1 heterocycles. The van der Waals surface area contributed by atoms with E-state index in [0.29, 0.717) is 11.4 Å². The summed E-state index contributed by atoms with van der Waals surface area (Å²) in [6.07, 6.45) is 2.22. The van der Waals surface area contributed by atoms with Crippen LogP contribution in [0.4, 0.5) is 5.69 Å². The zero-order valence-corrected chi connectivity index (χ0v) is 11.0. The van der Waals surface area contributed by atoms with Crippen molar-refractivity contribution in [2.24, 2.45) is 0 Å². The van der Waals surface area contributed by atoms with Gasteiger partial charge in [-0.15, -0.1) is 0 Å². The summed E-state index contributed by atoms with van der Waals surface area (Å²) in [6.45, 7) is 3.82. The summed E-state index contributed by atoms with van der Waals surface area (Å²) in [7, 11) is 0. The van der Waals surface area contributed by atoms with Crippen molar-refractivity contribution in [3.63, 3.8) is 0 Å². The van der Waals surface area contributed by atoms with Crippen LogP contribution in [0.25, 0.3) is 17.2 Å². The first kappa shape index (κ1) is 12.0. The molecular formula is C16H12ClNO. The van der Waals surface area contributed by atoms with Gasteiger partial charge in [-0.25, -0.2) is 0 Å². The normalized spacial score (nSPS) is 13.0. The van der Waals surface area contributed by atoms with Crippen LogP contribution in [-0.2, 0) is 11.2 Å². The lowest BCUT2D eigenvalue weighted by Crippen LogP contribution is -2.03. The van der Waals surface area contributed by atoms with Gasteiger partial charge in [0.2, 0.25) is 5.91 Å². The van der Waals surface area contributed by atoms with Gasteiger partial charge in [-0.05, 0) is 34.9 Å². The van der Waals surface area contributed by atoms with Gasteiger partial charge in [0.15, 0.2) is 0 Å². The fourth-order valence-corrected chi connectivity index (χ4v) is 2.69. The van der Waals surface area contributed by atoms with Gasteiger partial charge in [0.05, 0.1) is 6.42 Å². The molecule has 0 unspecified atom stereocenters. The van der Waals surface area contributed by atoms with Crippen LogP contribution >= 0.6 is 11.6 Å². The Balaban J connectivity index is 2.16. The second-order valence-corrected chi connectivity index (χ2v) is 4.91. The zero-order valence-electron chi connectivity index (χ0n) is 10.2. The highest BCUT2D eigenvalue weighted by atomic mass is 35.5. The van der Waals surface area contributed by atoms with Crippen LogP contribution in [0.1, 0.15) is 11.1 Å². The molecule has 0 atom stereocenters. The van der Waals surface area contributed by atoms with Crippen LogP contribution in [0.15, 0.2) is 43.0 Å². The maximum atomic E-state index is 11.4. The Morgan fingerprint density at radius 2 is 2.11 bits per heavy atom. The van der Waals surface area contributed by atoms with E-state index in [1.54, 1.807) is 6.08 Å². The number of hydrogen-bond acceptors (Lipinski definition) is 1. The number of benzene rings is 2. The van der Waals surface area contributed by atoms with Gasteiger partial charge in [0, 0.05) is 16.3 Å². The van der Waals surface area contributed by atoms with Crippen LogP contribution < -0.4 is 5.32 Å². The van der Waals surface area contributed by atoms with Crippen LogP contribution in [0.2, 0.25) is 5.02 Å². The maximum Gasteiger partial charge on any atom is 0.228 e. The first-order chi connectivity index (χ1) is 9.19. The van der Waals surface area contributed by atoms with Crippen LogP contribution in [0.5, 0.6) is 0 Å². The smallest absolute Gasteiger partial charge is 0.228 e. The summed E-state index contributed by atoms with van der Waals surface area (Å²) in [4.78, 5) is 11.4. The molecular weight excluding hydrogens is 258 g/mol. The molecule has 0 fully saturated rings. The number of carbonyl (C=O) groups excluding carboxylic acids is 1. The summed E-state index contributed by atoms with van der Waals surface area (Å²) in [5.74, 6) is 0.0373. The lowest BCUT2D eigenvalue weighted by atomic mass is 9.97. The van der Waals surface area contributed by atoms with Crippen molar-refractivity contribution in [1.82, 2.24) is 0 Å². The third-order valence-electron chi connectivity index (χ3n) is 3.28. The fraction of sp³-hybridized carbons (Fsp3) is 0.0625. The molecule has 3 rings (SSSR count). The molecule has 2 aromatic carbocycles. The Kier molecular flexibility index (Phi) is 2.88. The lowest BCUT2D eigenvalue weighted by Gasteiger charge is -2.10. The molecule has 3 heteroatoms. The highest BCUT2D eigenvalue weighted by Crippen LogP contribution is 2.35. The summed E-state index contributed by atoms with van der Waals surface area (Å²) in [5, 5.41) is 3.52. The van der Waals surface area contributed by atoms with E-state index in [0.717, 1.165) is 27.9 Å². The van der Waals surface area contributed by atoms with Crippen LogP contribution in [0.3, 0.4) is 0 Å². The number of nitrogens with one attached hydrogen (secondary N) is 1. The third-order valence-corrected chi connectivity index (χ3v) is 3.60. The molecule has 19 heavy (non-hydrogen) atoms. The summed E-state index contributed by atoms with van der Waals surface area (Å²) < 4.78 is 0. The van der Waals surface area contributed by atoms with E-state index in [1.165, 1.54) is 0 Å². The van der Waals surface area contributed by atoms with Crippen molar-refractivity contribution < 1.29 is 4.79 Å². The molecule has 0 aliphatic carbocycles. The topological polar surface area (TPSA) is 29.1 Å². The highest BCUT2D eigenvalue weighted by molar-refractivity contribution is 6.33. The van der Waals surface area contributed by atoms with E-state index in [-0.39, 0.29) is 5.91 Å². The molecule has 1 aliphatic heterocycles. The molecule has 1 N–H and O–H groups in total. The molecule has 0 spiro atoms. The van der Waals surface area contributed by atoms with Gasteiger partial charge >= 0.3 is 0 Å². The average molecular weight is 270 g/mol. The largest absolute Gasteiger partial charge is 0.326 e. The molecule has 1 amide bonds. The third kappa shape index (κ3) is 2.04. The Hall–Kier alpha value is -2.06. The predicted molar refractivity (Wildman–Crippen MR) is 79.3 cm³/mol. The Labute approximate surface area is 116 Å². The lowest BCUT2D eigenvalue weighted by molar-refractivity contribution is -0.115. The van der Waals surface area contributed by atoms with Gasteiger partial charge < -0.3 is 5.32 Å². The molecule has 0 saturated heterocycles. The van der Waals surface area contributed by atoms with Crippen molar-refractivity contribution in [3.8, 4) is 11.1 Å². The van der Waals surface area contributed by atoms with Gasteiger partial charge in [0.25, 0.3) is 0 Å². The summed E-state index contributed by atoms with van der Waals surface area (Å²) in [6, 6.07) is 11.7. The molecule has 0 saturated carbocycles. The average Bonchev–Trinajstić information content (AvgIpc) is 2.77. The van der Waals surface area contributed by atoms with E-state index in [9.17, 15) is 4.79 Å². The van der Waals surface area contributed by atoms with Crippen LogP contribution in [-0.4, -0.2) is 5.91 Å². The van der Waals surface area contributed by atoms with Crippen molar-refractivity contribution in [2.45, 2.75) is 6.42 Å². The Morgan fingerprint density at radius 1 is 1.26 bits per heavy atom. The Bertz CT molecular complexity index is 691. The number of anilines is 1. The molecule has 0 radical (unpaired) electrons. The highest BCUT2D eigenvalue weighted by Gasteiger charge is 2.18. The monoisotopic (exact) mass is 269 g/mol. The molecule has 0 bridgehead atoms. The van der Waals surface area contributed by atoms with Crippen molar-refractivity contribution >= 4 is 29.3 Å². The molecule has 94 valence electrons. The predicted octanol–water partition coefficient (Wildman–Crippen LogP) is 4.14. The van der Waals surface area contributed by atoms with Gasteiger partial charge in [-0.1, -0.05) is 42.5 Å². The second-order valence-electron chi connectivity index (χ2n) is 4.51. The zero-order chi connectivity index (χ0) is 13.4. The van der Waals surface area contributed by atoms with E-state index in [2.05, 4.69) is 11.9 Å². The molecule has 0 aromatic heterocycles. The molecule has 2 nitrogen and oxygen atoms in total. The van der Waals surface area contributed by atoms with E-state index >= 15 is 0 Å². The van der Waals surface area contributed by atoms with E-state index < -0.39 is 0 Å². The summed E-state index contributed by atoms with van der Waals surface area (Å²) >= 11 is 6.29. The minimum atomic E-state index is 0.0373. The number of carbonyl (C=O) groups is 1. The van der Waals surface area contributed by atoms with Crippen LogP contribution in [0, 0.1) is 0 Å².